The highest BCUT2D eigenvalue weighted by Crippen LogP contribution is 2.42. The zero-order valence-corrected chi connectivity index (χ0v) is 22.1. The van der Waals surface area contributed by atoms with Crippen molar-refractivity contribution in [3.63, 3.8) is 0 Å². The molecule has 4 atom stereocenters. The number of anilines is 1. The number of nitrogens with two attached hydrogens (primary N) is 1. The Kier molecular flexibility index (Phi) is 8.26. The van der Waals surface area contributed by atoms with E-state index < -0.39 is 66.3 Å². The molecule has 3 heterocycles. The molecule has 2 aliphatic heterocycles. The van der Waals surface area contributed by atoms with Crippen LogP contribution in [0.5, 0.6) is 11.5 Å². The second-order valence-electron chi connectivity index (χ2n) is 9.54. The summed E-state index contributed by atoms with van der Waals surface area (Å²) in [4.78, 5) is 66.1. The molecule has 0 aliphatic carbocycles. The fourth-order valence-electron chi connectivity index (χ4n) is 4.19. The number of alkyl halides is 5. The Morgan fingerprint density at radius 2 is 1.79 bits per heavy atom. The molecular weight excluding hydrogens is 593 g/mol. The normalized spacial score (nSPS) is 20.0. The van der Waals surface area contributed by atoms with E-state index in [1.165, 1.54) is 38.2 Å². The van der Waals surface area contributed by atoms with Crippen molar-refractivity contribution in [1.29, 1.82) is 0 Å². The molecule has 13 nitrogen and oxygen atoms in total. The minimum Gasteiger partial charge on any atom is -0.395 e. The van der Waals surface area contributed by atoms with Crippen LogP contribution in [0.1, 0.15) is 31.0 Å². The number of β-lactam (4-membered cyclic amide) rings is 1. The average molecular weight is 615 g/mol. The first kappa shape index (κ1) is 31.1. The van der Waals surface area contributed by atoms with E-state index in [-0.39, 0.29) is 39.8 Å². The van der Waals surface area contributed by atoms with Crippen molar-refractivity contribution in [1.82, 2.24) is 15.2 Å². The molecule has 0 radical (unpaired) electrons. The first-order chi connectivity index (χ1) is 20.0. The number of amides is 4. The van der Waals surface area contributed by atoms with E-state index in [0.29, 0.717) is 0 Å². The molecular formula is C25H22F5N5O8. The van der Waals surface area contributed by atoms with Gasteiger partial charge >= 0.3 is 30.4 Å². The van der Waals surface area contributed by atoms with E-state index in [0.717, 1.165) is 12.1 Å². The number of imide groups is 1. The number of ether oxygens (including phenoxy) is 3. The number of fused-ring (bicyclic) bond motifs is 1. The smallest absolute Gasteiger partial charge is 0.395 e. The first-order valence-corrected chi connectivity index (χ1v) is 12.3. The average Bonchev–Trinajstić information content (AvgIpc) is 3.22. The molecule has 0 spiro atoms. The Balaban J connectivity index is 1.53. The fraction of sp³-hybridized carbons (Fsp3) is 0.360. The molecule has 4 rings (SSSR count). The van der Waals surface area contributed by atoms with Crippen molar-refractivity contribution in [3.8, 4) is 11.5 Å². The topological polar surface area (TPSA) is 179 Å². The van der Waals surface area contributed by atoms with Gasteiger partial charge in [0.1, 0.15) is 5.82 Å². The summed E-state index contributed by atoms with van der Waals surface area (Å²) in [6.07, 6.45) is -8.55. The van der Waals surface area contributed by atoms with Crippen molar-refractivity contribution in [3.05, 3.63) is 47.7 Å². The number of urea groups is 1. The molecule has 2 aromatic rings. The number of carbonyl (C=O) groups is 5. The Bertz CT molecular complexity index is 1480. The zero-order valence-electron chi connectivity index (χ0n) is 22.1. The van der Waals surface area contributed by atoms with Crippen LogP contribution in [0, 0.1) is 5.92 Å². The lowest BCUT2D eigenvalue weighted by Gasteiger charge is -2.43. The lowest BCUT2D eigenvalue weighted by Crippen LogP contribution is -2.69. The standard InChI is InChI=1S/C25H22F5N5O8/c1-10(31)19(36)34-17-8-12(5-6-32-17)7-14-18(21(38)41-22(39)24(26,27)28)35(20(14)37)23(40)33-11(2)13-3-4-15-16(9-13)43-25(29,30)42-15/h3-6,8-11,14,18H,7,31H2,1-2H3,(H,33,40)(H,32,34,36)/t10-,11+,14+,18-/m0/s1. The summed E-state index contributed by atoms with van der Waals surface area (Å²) in [6, 6.07) is 1.15. The van der Waals surface area contributed by atoms with Crippen LogP contribution in [0.4, 0.5) is 32.6 Å². The monoisotopic (exact) mass is 615 g/mol. The molecule has 43 heavy (non-hydrogen) atoms. The summed E-state index contributed by atoms with van der Waals surface area (Å²) in [6.45, 7) is 2.79. The van der Waals surface area contributed by atoms with Crippen LogP contribution in [0.25, 0.3) is 0 Å². The number of hydrogen-bond acceptors (Lipinski definition) is 10. The third kappa shape index (κ3) is 6.79. The van der Waals surface area contributed by atoms with Gasteiger partial charge in [-0.1, -0.05) is 6.07 Å². The Morgan fingerprint density at radius 3 is 2.44 bits per heavy atom. The second-order valence-corrected chi connectivity index (χ2v) is 9.54. The first-order valence-electron chi connectivity index (χ1n) is 12.3. The van der Waals surface area contributed by atoms with Crippen LogP contribution >= 0.6 is 0 Å². The summed E-state index contributed by atoms with van der Waals surface area (Å²) < 4.78 is 77.6. The number of rotatable bonds is 7. The van der Waals surface area contributed by atoms with Gasteiger partial charge in [-0.3, -0.25) is 9.59 Å². The van der Waals surface area contributed by atoms with Gasteiger partial charge in [0.05, 0.1) is 18.0 Å². The van der Waals surface area contributed by atoms with Crippen molar-refractivity contribution < 1.29 is 60.1 Å². The van der Waals surface area contributed by atoms with E-state index in [9.17, 15) is 45.9 Å². The SMILES string of the molecule is C[C@H](N)C(=O)Nc1cc(C[C@H]2C(=O)N(C(=O)N[C@H](C)c3ccc4c(c3)OC(F)(F)O4)[C@@H]2C(=O)OC(=O)C(F)(F)F)ccn1. The number of carbonyl (C=O) groups excluding carboxylic acids is 5. The molecule has 18 heteroatoms. The Labute approximate surface area is 238 Å². The second kappa shape index (κ2) is 11.4. The molecule has 4 N–H and O–H groups in total. The largest absolute Gasteiger partial charge is 0.586 e. The van der Waals surface area contributed by atoms with E-state index in [2.05, 4.69) is 29.8 Å². The van der Waals surface area contributed by atoms with Crippen LogP contribution in [0.2, 0.25) is 0 Å². The number of aromatic nitrogens is 1. The van der Waals surface area contributed by atoms with Gasteiger partial charge in [0.15, 0.2) is 17.5 Å². The highest BCUT2D eigenvalue weighted by atomic mass is 19.4. The van der Waals surface area contributed by atoms with Gasteiger partial charge < -0.3 is 30.6 Å². The molecule has 4 amide bonds. The maximum absolute atomic E-state index is 13.3. The number of hydrogen-bond donors (Lipinski definition) is 3. The van der Waals surface area contributed by atoms with Gasteiger partial charge in [0.2, 0.25) is 11.8 Å². The summed E-state index contributed by atoms with van der Waals surface area (Å²) in [5.74, 6) is -8.33. The summed E-state index contributed by atoms with van der Waals surface area (Å²) in [7, 11) is 0. The van der Waals surface area contributed by atoms with Gasteiger partial charge in [-0.25, -0.2) is 24.3 Å². The van der Waals surface area contributed by atoms with Gasteiger partial charge in [0.25, 0.3) is 0 Å². The third-order valence-corrected chi connectivity index (χ3v) is 6.31. The number of nitrogens with zero attached hydrogens (tertiary/aromatic N) is 2. The highest BCUT2D eigenvalue weighted by Gasteiger charge is 2.57. The maximum atomic E-state index is 13.3. The molecule has 230 valence electrons. The minimum absolute atomic E-state index is 0.0165. The van der Waals surface area contributed by atoms with Gasteiger partial charge in [0, 0.05) is 6.20 Å². The molecule has 2 aliphatic rings. The van der Waals surface area contributed by atoms with E-state index in [1.54, 1.807) is 0 Å². The number of pyridine rings is 1. The van der Waals surface area contributed by atoms with Gasteiger partial charge in [-0.2, -0.15) is 13.2 Å². The summed E-state index contributed by atoms with van der Waals surface area (Å²) >= 11 is 0. The predicted molar refractivity (Wildman–Crippen MR) is 131 cm³/mol. The number of likely N-dealkylation sites (tertiary alicyclic amines) is 1. The lowest BCUT2D eigenvalue weighted by molar-refractivity contribution is -0.286. The van der Waals surface area contributed by atoms with Gasteiger partial charge in [-0.15, -0.1) is 8.78 Å². The Hall–Kier alpha value is -4.87. The number of esters is 2. The van der Waals surface area contributed by atoms with E-state index in [4.69, 9.17) is 5.73 Å². The lowest BCUT2D eigenvalue weighted by atomic mass is 9.82. The maximum Gasteiger partial charge on any atom is 0.586 e. The molecule has 0 saturated carbocycles. The van der Waals surface area contributed by atoms with Crippen molar-refractivity contribution >= 4 is 35.6 Å². The van der Waals surface area contributed by atoms with Crippen molar-refractivity contribution in [2.75, 3.05) is 5.32 Å². The van der Waals surface area contributed by atoms with E-state index in [1.807, 2.05) is 0 Å². The van der Waals surface area contributed by atoms with Gasteiger partial charge in [-0.05, 0) is 55.7 Å². The zero-order chi connectivity index (χ0) is 31.9. The van der Waals surface area contributed by atoms with Crippen molar-refractivity contribution in [2.45, 2.75) is 50.9 Å². The van der Waals surface area contributed by atoms with Crippen LogP contribution in [0.15, 0.2) is 36.5 Å². The van der Waals surface area contributed by atoms with Crippen LogP contribution in [0.3, 0.4) is 0 Å². The molecule has 1 aromatic heterocycles. The summed E-state index contributed by atoms with van der Waals surface area (Å²) in [5.41, 5.74) is 5.97. The Morgan fingerprint density at radius 1 is 1.12 bits per heavy atom. The molecule has 1 saturated heterocycles. The third-order valence-electron chi connectivity index (χ3n) is 6.31. The molecule has 1 fully saturated rings. The molecule has 1 aromatic carbocycles. The fourth-order valence-corrected chi connectivity index (χ4v) is 4.19. The minimum atomic E-state index is -5.55. The number of halogens is 5. The molecule has 0 unspecified atom stereocenters. The predicted octanol–water partition coefficient (Wildman–Crippen LogP) is 2.16. The number of nitrogens with one attached hydrogen (secondary N) is 2. The van der Waals surface area contributed by atoms with Crippen LogP contribution < -0.4 is 25.8 Å². The number of benzene rings is 1. The van der Waals surface area contributed by atoms with Crippen LogP contribution in [-0.4, -0.2) is 64.2 Å². The quantitative estimate of drug-likeness (QED) is 0.181. The summed E-state index contributed by atoms with van der Waals surface area (Å²) in [5, 5.41) is 4.74. The van der Waals surface area contributed by atoms with Crippen molar-refractivity contribution in [2.24, 2.45) is 11.7 Å². The van der Waals surface area contributed by atoms with E-state index >= 15 is 0 Å². The molecule has 0 bridgehead atoms. The highest BCUT2D eigenvalue weighted by molar-refractivity contribution is 6.09. The van der Waals surface area contributed by atoms with Crippen LogP contribution in [-0.2, 0) is 30.3 Å².